The number of furan rings is 1. The average molecular weight is 348 g/mol. The maximum atomic E-state index is 12.6. The Morgan fingerprint density at radius 3 is 2.76 bits per heavy atom. The molecule has 0 amide bonds. The molecule has 21 heavy (non-hydrogen) atoms. The van der Waals surface area contributed by atoms with Crippen LogP contribution < -0.4 is 4.74 Å². The highest BCUT2D eigenvalue weighted by Crippen LogP contribution is 2.28. The molecule has 0 spiro atoms. The number of benzene rings is 1. The summed E-state index contributed by atoms with van der Waals surface area (Å²) in [7, 11) is 0. The zero-order valence-electron chi connectivity index (χ0n) is 11.6. The Morgan fingerprint density at radius 2 is 2.10 bits per heavy atom. The summed E-state index contributed by atoms with van der Waals surface area (Å²) < 4.78 is 11.3. The van der Waals surface area contributed by atoms with Gasteiger partial charge in [0.15, 0.2) is 10.5 Å². The van der Waals surface area contributed by atoms with Crippen LogP contribution in [-0.4, -0.2) is 16.9 Å². The van der Waals surface area contributed by atoms with Gasteiger partial charge in [-0.1, -0.05) is 0 Å². The van der Waals surface area contributed by atoms with Crippen LogP contribution >= 0.6 is 15.9 Å². The van der Waals surface area contributed by atoms with Gasteiger partial charge in [-0.2, -0.15) is 0 Å². The third-order valence-corrected chi connectivity index (χ3v) is 3.75. The summed E-state index contributed by atoms with van der Waals surface area (Å²) in [6.45, 7) is 3.94. The molecule has 0 fully saturated rings. The lowest BCUT2D eigenvalue weighted by molar-refractivity contribution is 0.103. The van der Waals surface area contributed by atoms with Gasteiger partial charge in [0.25, 0.3) is 0 Å². The van der Waals surface area contributed by atoms with Crippen molar-refractivity contribution in [1.82, 2.24) is 4.98 Å². The Labute approximate surface area is 130 Å². The molecule has 0 bridgehead atoms. The van der Waals surface area contributed by atoms with E-state index in [1.807, 2.05) is 32.0 Å². The molecule has 0 aliphatic carbocycles. The van der Waals surface area contributed by atoms with Crippen LogP contribution in [0.4, 0.5) is 0 Å². The monoisotopic (exact) mass is 347 g/mol. The lowest BCUT2D eigenvalue weighted by Crippen LogP contribution is -2.05. The predicted octanol–water partition coefficient (Wildman–Crippen LogP) is 4.54. The van der Waals surface area contributed by atoms with Crippen LogP contribution in [0.15, 0.2) is 45.8 Å². The minimum atomic E-state index is -0.0939. The van der Waals surface area contributed by atoms with Gasteiger partial charge in [-0.25, -0.2) is 0 Å². The molecule has 0 saturated carbocycles. The van der Waals surface area contributed by atoms with E-state index >= 15 is 0 Å². The first-order valence-corrected chi connectivity index (χ1v) is 7.41. The van der Waals surface area contributed by atoms with Gasteiger partial charge in [0.05, 0.1) is 17.9 Å². The first-order chi connectivity index (χ1) is 10.1. The number of halogens is 1. The zero-order chi connectivity index (χ0) is 15.0. The van der Waals surface area contributed by atoms with E-state index < -0.39 is 0 Å². The largest absolute Gasteiger partial charge is 0.491 e. The van der Waals surface area contributed by atoms with Crippen molar-refractivity contribution in [3.63, 3.8) is 0 Å². The molecule has 1 N–H and O–H groups in total. The van der Waals surface area contributed by atoms with Gasteiger partial charge in [-0.3, -0.25) is 4.79 Å². The van der Waals surface area contributed by atoms with Crippen molar-refractivity contribution < 1.29 is 13.9 Å². The van der Waals surface area contributed by atoms with Gasteiger partial charge in [-0.05, 0) is 54.0 Å². The molecule has 5 heteroatoms. The Kier molecular flexibility index (Phi) is 3.59. The number of aromatic nitrogens is 1. The maximum absolute atomic E-state index is 12.6. The molecule has 4 nitrogen and oxygen atoms in total. The van der Waals surface area contributed by atoms with Crippen LogP contribution in [0.25, 0.3) is 10.9 Å². The standard InChI is InChI=1S/C16H14BrNO3/c1-9(2)21-10-3-4-14-12(7-10)13(8-18-14)15(19)11-5-6-20-16(11)17/h3-9,18H,1-2H3. The van der Waals surface area contributed by atoms with Crippen molar-refractivity contribution in [2.45, 2.75) is 20.0 Å². The van der Waals surface area contributed by atoms with Gasteiger partial charge >= 0.3 is 0 Å². The summed E-state index contributed by atoms with van der Waals surface area (Å²) in [6, 6.07) is 7.34. The molecule has 3 aromatic rings. The topological polar surface area (TPSA) is 55.2 Å². The molecule has 0 unspecified atom stereocenters. The fourth-order valence-corrected chi connectivity index (χ4v) is 2.65. The number of hydrogen-bond donors (Lipinski definition) is 1. The molecule has 2 heterocycles. The summed E-state index contributed by atoms with van der Waals surface area (Å²) in [6.07, 6.45) is 3.29. The third kappa shape index (κ3) is 2.61. The second-order valence-electron chi connectivity index (χ2n) is 5.01. The molecule has 3 rings (SSSR count). The van der Waals surface area contributed by atoms with E-state index in [1.165, 1.54) is 6.26 Å². The minimum Gasteiger partial charge on any atom is -0.491 e. The summed E-state index contributed by atoms with van der Waals surface area (Å²) in [5.41, 5.74) is 2.00. The van der Waals surface area contributed by atoms with Crippen LogP contribution in [-0.2, 0) is 0 Å². The molecule has 0 aliphatic heterocycles. The van der Waals surface area contributed by atoms with E-state index in [-0.39, 0.29) is 11.9 Å². The lowest BCUT2D eigenvalue weighted by Gasteiger charge is -2.09. The molecule has 2 aromatic heterocycles. The molecule has 0 atom stereocenters. The highest BCUT2D eigenvalue weighted by atomic mass is 79.9. The van der Waals surface area contributed by atoms with Gasteiger partial charge in [0, 0.05) is 22.7 Å². The first kappa shape index (κ1) is 13.9. The second kappa shape index (κ2) is 5.41. The van der Waals surface area contributed by atoms with E-state index in [0.717, 1.165) is 16.7 Å². The van der Waals surface area contributed by atoms with Crippen molar-refractivity contribution in [1.29, 1.82) is 0 Å². The smallest absolute Gasteiger partial charge is 0.199 e. The molecular formula is C16H14BrNO3. The molecular weight excluding hydrogens is 334 g/mol. The zero-order valence-corrected chi connectivity index (χ0v) is 13.2. The normalized spacial score (nSPS) is 11.2. The van der Waals surface area contributed by atoms with Crippen molar-refractivity contribution in [3.05, 3.63) is 52.5 Å². The number of carbonyl (C=O) groups is 1. The van der Waals surface area contributed by atoms with Crippen LogP contribution in [0.5, 0.6) is 5.75 Å². The second-order valence-corrected chi connectivity index (χ2v) is 5.73. The number of fused-ring (bicyclic) bond motifs is 1. The Morgan fingerprint density at radius 1 is 1.29 bits per heavy atom. The van der Waals surface area contributed by atoms with Crippen molar-refractivity contribution in [2.24, 2.45) is 0 Å². The van der Waals surface area contributed by atoms with Gasteiger partial charge in [0.1, 0.15) is 5.75 Å². The van der Waals surface area contributed by atoms with Crippen LogP contribution in [0, 0.1) is 0 Å². The fraction of sp³-hybridized carbons (Fsp3) is 0.188. The summed E-state index contributed by atoms with van der Waals surface area (Å²) in [5.74, 6) is 0.654. The van der Waals surface area contributed by atoms with Gasteiger partial charge in [-0.15, -0.1) is 0 Å². The number of ether oxygens (including phenoxy) is 1. The van der Waals surface area contributed by atoms with Crippen LogP contribution in [0.1, 0.15) is 29.8 Å². The van der Waals surface area contributed by atoms with E-state index in [9.17, 15) is 4.79 Å². The number of nitrogens with one attached hydrogen (secondary N) is 1. The Bertz CT molecular complexity index is 801. The number of H-pyrrole nitrogens is 1. The van der Waals surface area contributed by atoms with Crippen molar-refractivity contribution in [3.8, 4) is 5.75 Å². The number of hydrogen-bond acceptors (Lipinski definition) is 3. The molecule has 0 saturated heterocycles. The highest BCUT2D eigenvalue weighted by Gasteiger charge is 2.19. The maximum Gasteiger partial charge on any atom is 0.199 e. The first-order valence-electron chi connectivity index (χ1n) is 6.61. The molecule has 1 aromatic carbocycles. The van der Waals surface area contributed by atoms with E-state index in [2.05, 4.69) is 20.9 Å². The van der Waals surface area contributed by atoms with Crippen LogP contribution in [0.3, 0.4) is 0 Å². The molecule has 108 valence electrons. The third-order valence-electron chi connectivity index (χ3n) is 3.13. The number of rotatable bonds is 4. The minimum absolute atomic E-state index is 0.0866. The van der Waals surface area contributed by atoms with E-state index in [1.54, 1.807) is 12.3 Å². The summed E-state index contributed by atoms with van der Waals surface area (Å²) in [4.78, 5) is 15.7. The van der Waals surface area contributed by atoms with Crippen LogP contribution in [0.2, 0.25) is 0 Å². The SMILES string of the molecule is CC(C)Oc1ccc2[nH]cc(C(=O)c3ccoc3Br)c2c1. The Hall–Kier alpha value is -2.01. The van der Waals surface area contributed by atoms with Crippen molar-refractivity contribution in [2.75, 3.05) is 0 Å². The predicted molar refractivity (Wildman–Crippen MR) is 83.9 cm³/mol. The highest BCUT2D eigenvalue weighted by molar-refractivity contribution is 9.10. The lowest BCUT2D eigenvalue weighted by atomic mass is 10.1. The fourth-order valence-electron chi connectivity index (χ4n) is 2.23. The van der Waals surface area contributed by atoms with Gasteiger partial charge in [0.2, 0.25) is 0 Å². The van der Waals surface area contributed by atoms with Crippen molar-refractivity contribution >= 4 is 32.6 Å². The van der Waals surface area contributed by atoms with Gasteiger partial charge < -0.3 is 14.1 Å². The summed E-state index contributed by atoms with van der Waals surface area (Å²) in [5, 5.41) is 0.839. The number of carbonyl (C=O) groups excluding carboxylic acids is 1. The quantitative estimate of drug-likeness (QED) is 0.704. The number of ketones is 1. The number of aromatic amines is 1. The molecule has 0 radical (unpaired) electrons. The van der Waals surface area contributed by atoms with E-state index in [0.29, 0.717) is 15.8 Å². The van der Waals surface area contributed by atoms with E-state index in [4.69, 9.17) is 9.15 Å². The Balaban J connectivity index is 2.06. The summed E-state index contributed by atoms with van der Waals surface area (Å²) >= 11 is 3.24. The average Bonchev–Trinajstić information content (AvgIpc) is 3.03. The molecule has 0 aliphatic rings.